The van der Waals surface area contributed by atoms with Gasteiger partial charge in [0.2, 0.25) is 10.0 Å². The van der Waals surface area contributed by atoms with Crippen LogP contribution < -0.4 is 14.5 Å². The molecule has 1 N–H and O–H groups in total. The largest absolute Gasteiger partial charge is 0.489 e. The maximum atomic E-state index is 12.3. The minimum Gasteiger partial charge on any atom is -0.489 e. The molecule has 3 rings (SSSR count). The first-order valence-electron chi connectivity index (χ1n) is 9.73. The molecule has 0 spiro atoms. The third kappa shape index (κ3) is 7.88. The summed E-state index contributed by atoms with van der Waals surface area (Å²) >= 11 is 9.27. The molecular weight excluding hydrogens is 530 g/mol. The van der Waals surface area contributed by atoms with E-state index < -0.39 is 22.5 Å². The minimum absolute atomic E-state index is 0.383. The number of nitrogens with one attached hydrogen (secondary N) is 1. The van der Waals surface area contributed by atoms with Gasteiger partial charge in [-0.05, 0) is 71.8 Å². The first-order chi connectivity index (χ1) is 15.7. The first kappa shape index (κ1) is 24.8. The Kier molecular flexibility index (Phi) is 8.49. The SMILES string of the molecule is CS(=O)(=O)N(CC(=O)N/N=C\c1ccc(OCc2cccc(Cl)c2)cc1)c1ccc(Br)cc1. The predicted molar refractivity (Wildman–Crippen MR) is 134 cm³/mol. The highest BCUT2D eigenvalue weighted by Crippen LogP contribution is 2.20. The van der Waals surface area contributed by atoms with Crippen LogP contribution in [-0.4, -0.2) is 33.3 Å². The summed E-state index contributed by atoms with van der Waals surface area (Å²) in [5.74, 6) is 0.107. The van der Waals surface area contributed by atoms with Crippen molar-refractivity contribution in [2.45, 2.75) is 6.61 Å². The molecule has 0 unspecified atom stereocenters. The molecule has 1 amide bonds. The van der Waals surface area contributed by atoms with Gasteiger partial charge in [-0.1, -0.05) is 39.7 Å². The first-order valence-corrected chi connectivity index (χ1v) is 12.7. The number of hydrogen-bond donors (Lipinski definition) is 1. The van der Waals surface area contributed by atoms with Gasteiger partial charge in [0.25, 0.3) is 5.91 Å². The lowest BCUT2D eigenvalue weighted by molar-refractivity contribution is -0.119. The van der Waals surface area contributed by atoms with Gasteiger partial charge in [-0.2, -0.15) is 5.10 Å². The van der Waals surface area contributed by atoms with Crippen molar-refractivity contribution in [1.82, 2.24) is 5.43 Å². The summed E-state index contributed by atoms with van der Waals surface area (Å²) in [5, 5.41) is 4.56. The molecule has 172 valence electrons. The molecule has 0 aliphatic rings. The van der Waals surface area contributed by atoms with Crippen molar-refractivity contribution in [2.24, 2.45) is 5.10 Å². The van der Waals surface area contributed by atoms with E-state index in [1.807, 2.05) is 18.2 Å². The van der Waals surface area contributed by atoms with E-state index in [0.717, 1.165) is 26.2 Å². The molecule has 0 aliphatic carbocycles. The van der Waals surface area contributed by atoms with Crippen molar-refractivity contribution < 1.29 is 17.9 Å². The third-order valence-corrected chi connectivity index (χ3v) is 6.28. The van der Waals surface area contributed by atoms with Crippen molar-refractivity contribution in [3.63, 3.8) is 0 Å². The highest BCUT2D eigenvalue weighted by molar-refractivity contribution is 9.10. The minimum atomic E-state index is -3.65. The molecule has 0 fully saturated rings. The Morgan fingerprint density at radius 1 is 1.12 bits per heavy atom. The van der Waals surface area contributed by atoms with E-state index in [1.165, 1.54) is 6.21 Å². The number of carbonyl (C=O) groups is 1. The van der Waals surface area contributed by atoms with Gasteiger partial charge in [0.15, 0.2) is 0 Å². The van der Waals surface area contributed by atoms with Crippen molar-refractivity contribution in [2.75, 3.05) is 17.1 Å². The number of hydrogen-bond acceptors (Lipinski definition) is 5. The van der Waals surface area contributed by atoms with Crippen LogP contribution in [0.1, 0.15) is 11.1 Å². The Labute approximate surface area is 206 Å². The molecule has 0 saturated heterocycles. The van der Waals surface area contributed by atoms with Gasteiger partial charge in [-0.3, -0.25) is 9.10 Å². The average molecular weight is 551 g/mol. The van der Waals surface area contributed by atoms with Crippen molar-refractivity contribution >= 4 is 55.4 Å². The lowest BCUT2D eigenvalue weighted by Crippen LogP contribution is -2.38. The number of benzene rings is 3. The maximum Gasteiger partial charge on any atom is 0.260 e. The van der Waals surface area contributed by atoms with Crippen LogP contribution in [0.4, 0.5) is 5.69 Å². The molecule has 0 bridgehead atoms. The number of halogens is 2. The number of nitrogens with zero attached hydrogens (tertiary/aromatic N) is 2. The Bertz CT molecular complexity index is 1230. The van der Waals surface area contributed by atoms with Crippen molar-refractivity contribution in [3.05, 3.63) is 93.4 Å². The van der Waals surface area contributed by atoms with E-state index >= 15 is 0 Å². The maximum absolute atomic E-state index is 12.3. The fourth-order valence-corrected chi connectivity index (χ4v) is 4.13. The zero-order valence-corrected chi connectivity index (χ0v) is 20.8. The quantitative estimate of drug-likeness (QED) is 0.312. The molecule has 3 aromatic rings. The molecule has 0 heterocycles. The van der Waals surface area contributed by atoms with Gasteiger partial charge in [0.05, 0.1) is 18.2 Å². The predicted octanol–water partition coefficient (Wildman–Crippen LogP) is 4.60. The van der Waals surface area contributed by atoms with Crippen molar-refractivity contribution in [1.29, 1.82) is 0 Å². The molecule has 7 nitrogen and oxygen atoms in total. The number of anilines is 1. The van der Waals surface area contributed by atoms with E-state index in [-0.39, 0.29) is 0 Å². The number of amides is 1. The fourth-order valence-electron chi connectivity index (χ4n) is 2.80. The number of carbonyl (C=O) groups excluding carboxylic acids is 1. The van der Waals surface area contributed by atoms with Crippen LogP contribution in [0.25, 0.3) is 0 Å². The van der Waals surface area contributed by atoms with E-state index in [4.69, 9.17) is 16.3 Å². The second-order valence-corrected chi connectivity index (χ2v) is 10.3. The van der Waals surface area contributed by atoms with Crippen LogP contribution in [0, 0.1) is 0 Å². The Morgan fingerprint density at radius 2 is 1.82 bits per heavy atom. The Balaban J connectivity index is 1.54. The fraction of sp³-hybridized carbons (Fsp3) is 0.130. The van der Waals surface area contributed by atoms with E-state index in [0.29, 0.717) is 23.1 Å². The van der Waals surface area contributed by atoms with Gasteiger partial charge < -0.3 is 4.74 Å². The van der Waals surface area contributed by atoms with Gasteiger partial charge >= 0.3 is 0 Å². The summed E-state index contributed by atoms with van der Waals surface area (Å²) in [6.07, 6.45) is 2.50. The molecule has 33 heavy (non-hydrogen) atoms. The molecule has 0 saturated carbocycles. The monoisotopic (exact) mass is 549 g/mol. The summed E-state index contributed by atoms with van der Waals surface area (Å²) in [4.78, 5) is 12.3. The highest BCUT2D eigenvalue weighted by Gasteiger charge is 2.20. The summed E-state index contributed by atoms with van der Waals surface area (Å²) < 4.78 is 31.8. The lowest BCUT2D eigenvalue weighted by atomic mass is 10.2. The molecule has 0 aliphatic heterocycles. The molecular formula is C23H21BrClN3O4S. The standard InChI is InChI=1S/C23H21BrClN3O4S/c1-33(30,31)28(21-9-7-19(24)8-10-21)15-23(29)27-26-14-17-5-11-22(12-6-17)32-16-18-3-2-4-20(25)13-18/h2-14H,15-16H2,1H3,(H,27,29)/b26-14-. The molecule has 0 aromatic heterocycles. The second kappa shape index (κ2) is 11.3. The van der Waals surface area contributed by atoms with Gasteiger partial charge in [0, 0.05) is 9.50 Å². The second-order valence-electron chi connectivity index (χ2n) is 7.03. The third-order valence-electron chi connectivity index (χ3n) is 4.38. The van der Waals surface area contributed by atoms with E-state index in [9.17, 15) is 13.2 Å². The van der Waals surface area contributed by atoms with Crippen LogP contribution in [0.15, 0.2) is 82.4 Å². The molecule has 10 heteroatoms. The van der Waals surface area contributed by atoms with Crippen LogP contribution in [0.3, 0.4) is 0 Å². The number of rotatable bonds is 9. The van der Waals surface area contributed by atoms with Crippen LogP contribution in [0.5, 0.6) is 5.75 Å². The van der Waals surface area contributed by atoms with Crippen LogP contribution in [-0.2, 0) is 21.4 Å². The molecule has 0 radical (unpaired) electrons. The van der Waals surface area contributed by atoms with Gasteiger partial charge in [-0.15, -0.1) is 0 Å². The smallest absolute Gasteiger partial charge is 0.260 e. The summed E-state index contributed by atoms with van der Waals surface area (Å²) in [6.45, 7) is -0.00660. The number of ether oxygens (including phenoxy) is 1. The Hall–Kier alpha value is -2.88. The lowest BCUT2D eigenvalue weighted by Gasteiger charge is -2.21. The summed E-state index contributed by atoms with van der Waals surface area (Å²) in [5.41, 5.74) is 4.43. The summed E-state index contributed by atoms with van der Waals surface area (Å²) in [7, 11) is -3.65. The van der Waals surface area contributed by atoms with Crippen LogP contribution in [0.2, 0.25) is 5.02 Å². The van der Waals surface area contributed by atoms with E-state index in [1.54, 1.807) is 54.6 Å². The topological polar surface area (TPSA) is 88.1 Å². The van der Waals surface area contributed by atoms with Crippen molar-refractivity contribution in [3.8, 4) is 5.75 Å². The van der Waals surface area contributed by atoms with Gasteiger partial charge in [0.1, 0.15) is 18.9 Å². The van der Waals surface area contributed by atoms with Gasteiger partial charge in [-0.25, -0.2) is 13.8 Å². The van der Waals surface area contributed by atoms with E-state index in [2.05, 4.69) is 26.5 Å². The normalized spacial score (nSPS) is 11.4. The molecule has 3 aromatic carbocycles. The molecule has 0 atom stereocenters. The summed E-state index contributed by atoms with van der Waals surface area (Å²) in [6, 6.07) is 21.2. The average Bonchev–Trinajstić information content (AvgIpc) is 2.77. The highest BCUT2D eigenvalue weighted by atomic mass is 79.9. The zero-order valence-electron chi connectivity index (χ0n) is 17.6. The number of hydrazone groups is 1. The Morgan fingerprint density at radius 3 is 2.45 bits per heavy atom. The van der Waals surface area contributed by atoms with Crippen LogP contribution >= 0.6 is 27.5 Å². The zero-order chi connectivity index (χ0) is 23.8. The number of sulfonamides is 1.